The third-order valence-corrected chi connectivity index (χ3v) is 7.35. The van der Waals surface area contributed by atoms with E-state index in [1.807, 2.05) is 42.2 Å². The van der Waals surface area contributed by atoms with Gasteiger partial charge in [-0.05, 0) is 12.5 Å². The molecule has 35 heavy (non-hydrogen) atoms. The van der Waals surface area contributed by atoms with Gasteiger partial charge in [-0.1, -0.05) is 36.0 Å². The Hall–Kier alpha value is -2.95. The van der Waals surface area contributed by atoms with Gasteiger partial charge in [0.1, 0.15) is 5.69 Å². The molecule has 0 aliphatic carbocycles. The van der Waals surface area contributed by atoms with E-state index in [0.29, 0.717) is 6.54 Å². The first-order valence-electron chi connectivity index (χ1n) is 11.3. The summed E-state index contributed by atoms with van der Waals surface area (Å²) in [6.45, 7) is 6.95. The molecule has 9 nitrogen and oxygen atoms in total. The van der Waals surface area contributed by atoms with Crippen LogP contribution in [0, 0.1) is 6.92 Å². The van der Waals surface area contributed by atoms with E-state index in [-0.39, 0.29) is 29.3 Å². The lowest BCUT2D eigenvalue weighted by molar-refractivity contribution is -0.125. The minimum absolute atomic E-state index is 0. The van der Waals surface area contributed by atoms with Crippen molar-refractivity contribution >= 4 is 41.1 Å². The van der Waals surface area contributed by atoms with Crippen LogP contribution in [0.3, 0.4) is 0 Å². The second-order valence-electron chi connectivity index (χ2n) is 8.60. The summed E-state index contributed by atoms with van der Waals surface area (Å²) in [5.74, 6) is 0.983. The first-order valence-corrected chi connectivity index (χ1v) is 12.3. The van der Waals surface area contributed by atoms with Crippen molar-refractivity contribution in [2.24, 2.45) is 7.05 Å². The van der Waals surface area contributed by atoms with Gasteiger partial charge in [-0.2, -0.15) is 5.10 Å². The van der Waals surface area contributed by atoms with Crippen LogP contribution in [0.25, 0.3) is 11.3 Å². The Morgan fingerprint density at radius 2 is 1.69 bits per heavy atom. The zero-order valence-electron chi connectivity index (χ0n) is 19.8. The SMILES string of the molecule is Cc1c(CN2CCN(c3nccnc3-c3ccc(CN4C(=O)CSC4=O)cc3)CC2)cnn1C.Cl. The number of imide groups is 1. The van der Waals surface area contributed by atoms with Crippen LogP contribution >= 0.6 is 24.2 Å². The van der Waals surface area contributed by atoms with E-state index >= 15 is 0 Å². The number of aryl methyl sites for hydroxylation is 1. The predicted molar refractivity (Wildman–Crippen MR) is 139 cm³/mol. The summed E-state index contributed by atoms with van der Waals surface area (Å²) in [6, 6.07) is 7.88. The summed E-state index contributed by atoms with van der Waals surface area (Å²) in [5.41, 5.74) is 5.20. The quantitative estimate of drug-likeness (QED) is 0.497. The maximum absolute atomic E-state index is 11.9. The average molecular weight is 514 g/mol. The number of benzene rings is 1. The van der Waals surface area contributed by atoms with Crippen molar-refractivity contribution < 1.29 is 9.59 Å². The van der Waals surface area contributed by atoms with E-state index in [1.165, 1.54) is 16.2 Å². The fraction of sp³-hybridized carbons (Fsp3) is 0.375. The highest BCUT2D eigenvalue weighted by Crippen LogP contribution is 2.29. The molecule has 11 heteroatoms. The maximum atomic E-state index is 11.9. The van der Waals surface area contributed by atoms with Gasteiger partial charge in [-0.3, -0.25) is 29.1 Å². The first kappa shape index (κ1) is 25.2. The molecule has 0 bridgehead atoms. The average Bonchev–Trinajstić information content (AvgIpc) is 3.35. The van der Waals surface area contributed by atoms with Gasteiger partial charge in [-0.25, -0.2) is 4.98 Å². The van der Waals surface area contributed by atoms with Gasteiger partial charge < -0.3 is 4.90 Å². The molecule has 2 aromatic heterocycles. The number of carbonyl (C=O) groups is 2. The number of aromatic nitrogens is 4. The van der Waals surface area contributed by atoms with Crippen LogP contribution in [-0.4, -0.2) is 72.6 Å². The van der Waals surface area contributed by atoms with Crippen molar-refractivity contribution in [3.63, 3.8) is 0 Å². The van der Waals surface area contributed by atoms with Crippen LogP contribution in [0.15, 0.2) is 42.9 Å². The number of rotatable bonds is 6. The zero-order valence-corrected chi connectivity index (χ0v) is 21.4. The highest BCUT2D eigenvalue weighted by atomic mass is 35.5. The molecule has 0 radical (unpaired) electrons. The van der Waals surface area contributed by atoms with Crippen molar-refractivity contribution in [2.75, 3.05) is 36.8 Å². The Morgan fingerprint density at radius 3 is 2.31 bits per heavy atom. The van der Waals surface area contributed by atoms with E-state index in [1.54, 1.807) is 12.4 Å². The Balaban J connectivity index is 0.00000289. The predicted octanol–water partition coefficient (Wildman–Crippen LogP) is 3.12. The van der Waals surface area contributed by atoms with Gasteiger partial charge in [-0.15, -0.1) is 12.4 Å². The molecule has 2 aliphatic rings. The van der Waals surface area contributed by atoms with Crippen LogP contribution in [0.2, 0.25) is 0 Å². The highest BCUT2D eigenvalue weighted by Gasteiger charge is 2.29. The molecule has 0 atom stereocenters. The minimum atomic E-state index is -0.178. The zero-order chi connectivity index (χ0) is 23.7. The molecule has 2 saturated heterocycles. The molecule has 0 saturated carbocycles. The van der Waals surface area contributed by atoms with Crippen LogP contribution in [-0.2, 0) is 24.9 Å². The topological polar surface area (TPSA) is 87.5 Å². The second-order valence-corrected chi connectivity index (χ2v) is 9.53. The number of nitrogens with zero attached hydrogens (tertiary/aromatic N) is 7. The Labute approximate surface area is 214 Å². The lowest BCUT2D eigenvalue weighted by atomic mass is 10.1. The van der Waals surface area contributed by atoms with Gasteiger partial charge >= 0.3 is 0 Å². The number of thioether (sulfide) groups is 1. The molecular formula is C24H28ClN7O2S. The standard InChI is InChI=1S/C24H27N7O2S.ClH/c1-17-20(13-27-28(17)2)15-29-9-11-30(12-10-29)23-22(25-7-8-26-23)19-5-3-18(4-6-19)14-31-21(32)16-34-24(31)33;/h3-8,13H,9-12,14-16H2,1-2H3;1H. The summed E-state index contributed by atoms with van der Waals surface area (Å²) in [7, 11) is 1.98. The number of carbonyl (C=O) groups excluding carboxylic acids is 2. The summed E-state index contributed by atoms with van der Waals surface area (Å²) in [4.78, 5) is 39.1. The van der Waals surface area contributed by atoms with E-state index in [9.17, 15) is 9.59 Å². The van der Waals surface area contributed by atoms with Crippen LogP contribution in [0.4, 0.5) is 10.6 Å². The molecule has 4 heterocycles. The van der Waals surface area contributed by atoms with Gasteiger partial charge in [0.15, 0.2) is 5.82 Å². The lowest BCUT2D eigenvalue weighted by Gasteiger charge is -2.35. The Morgan fingerprint density at radius 1 is 0.971 bits per heavy atom. The molecule has 184 valence electrons. The molecule has 2 aliphatic heterocycles. The maximum Gasteiger partial charge on any atom is 0.289 e. The molecule has 0 N–H and O–H groups in total. The van der Waals surface area contributed by atoms with Gasteiger partial charge in [0, 0.05) is 69.0 Å². The molecule has 2 fully saturated rings. The smallest absolute Gasteiger partial charge is 0.289 e. The number of halogens is 1. The summed E-state index contributed by atoms with van der Waals surface area (Å²) in [6.07, 6.45) is 5.41. The fourth-order valence-corrected chi connectivity index (χ4v) is 5.03. The van der Waals surface area contributed by atoms with Crippen molar-refractivity contribution in [1.82, 2.24) is 29.5 Å². The van der Waals surface area contributed by atoms with Crippen molar-refractivity contribution in [3.05, 3.63) is 59.7 Å². The monoisotopic (exact) mass is 513 g/mol. The number of amides is 2. The normalized spacial score (nSPS) is 16.6. The molecule has 5 rings (SSSR count). The summed E-state index contributed by atoms with van der Waals surface area (Å²) < 4.78 is 1.92. The molecule has 0 spiro atoms. The Kier molecular flexibility index (Phi) is 7.73. The first-order chi connectivity index (χ1) is 16.5. The van der Waals surface area contributed by atoms with E-state index in [2.05, 4.69) is 31.8 Å². The largest absolute Gasteiger partial charge is 0.352 e. The third-order valence-electron chi connectivity index (χ3n) is 6.49. The third kappa shape index (κ3) is 5.34. The van der Waals surface area contributed by atoms with Gasteiger partial charge in [0.05, 0.1) is 18.5 Å². The molecular weight excluding hydrogens is 486 g/mol. The fourth-order valence-electron chi connectivity index (χ4n) is 4.31. The van der Waals surface area contributed by atoms with Crippen LogP contribution < -0.4 is 4.90 Å². The van der Waals surface area contributed by atoms with E-state index in [4.69, 9.17) is 0 Å². The molecule has 3 aromatic rings. The number of piperazine rings is 1. The Bertz CT molecular complexity index is 1190. The van der Waals surface area contributed by atoms with Crippen molar-refractivity contribution in [3.8, 4) is 11.3 Å². The molecule has 0 unspecified atom stereocenters. The van der Waals surface area contributed by atoms with Crippen LogP contribution in [0.1, 0.15) is 16.8 Å². The summed E-state index contributed by atoms with van der Waals surface area (Å²) in [5, 5.41) is 4.18. The number of hydrogen-bond donors (Lipinski definition) is 0. The number of anilines is 1. The van der Waals surface area contributed by atoms with E-state index < -0.39 is 0 Å². The van der Waals surface area contributed by atoms with E-state index in [0.717, 1.165) is 67.1 Å². The molecule has 1 aromatic carbocycles. The second kappa shape index (κ2) is 10.8. The van der Waals surface area contributed by atoms with Gasteiger partial charge in [0.2, 0.25) is 5.91 Å². The minimum Gasteiger partial charge on any atom is -0.352 e. The highest BCUT2D eigenvalue weighted by molar-refractivity contribution is 8.14. The van der Waals surface area contributed by atoms with Crippen LogP contribution in [0.5, 0.6) is 0 Å². The van der Waals surface area contributed by atoms with Crippen molar-refractivity contribution in [2.45, 2.75) is 20.0 Å². The van der Waals surface area contributed by atoms with Crippen molar-refractivity contribution in [1.29, 1.82) is 0 Å². The lowest BCUT2D eigenvalue weighted by Crippen LogP contribution is -2.46. The van der Waals surface area contributed by atoms with Gasteiger partial charge in [0.25, 0.3) is 5.24 Å². The number of hydrogen-bond acceptors (Lipinski definition) is 8. The molecule has 2 amide bonds. The summed E-state index contributed by atoms with van der Waals surface area (Å²) >= 11 is 1.06.